The second-order valence-electron chi connectivity index (χ2n) is 13.4. The molecule has 0 atom stereocenters. The highest BCUT2D eigenvalue weighted by atomic mass is 32.2. The molecule has 0 bridgehead atoms. The van der Waals surface area contributed by atoms with Gasteiger partial charge in [0.15, 0.2) is 0 Å². The first kappa shape index (κ1) is 43.6. The van der Waals surface area contributed by atoms with Crippen molar-refractivity contribution in [1.29, 1.82) is 0 Å². The third-order valence-corrected chi connectivity index (χ3v) is 13.1. The highest BCUT2D eigenvalue weighted by Crippen LogP contribution is 2.39. The summed E-state index contributed by atoms with van der Waals surface area (Å²) < 4.78 is 97.0. The summed E-state index contributed by atoms with van der Waals surface area (Å²) in [5, 5.41) is 0. The Labute approximate surface area is 337 Å². The highest BCUT2D eigenvalue weighted by Gasteiger charge is 2.26. The molecule has 0 aliphatic heterocycles. The van der Waals surface area contributed by atoms with E-state index >= 15 is 0 Å². The van der Waals surface area contributed by atoms with E-state index in [1.807, 2.05) is 70.5 Å². The number of anilines is 4. The number of rotatable bonds is 20. The molecule has 0 saturated carbocycles. The molecular formula is C43H50N2O9S3. The van der Waals surface area contributed by atoms with Crippen molar-refractivity contribution >= 4 is 53.1 Å². The Hall–Kier alpha value is -4.57. The zero-order chi connectivity index (χ0) is 41.2. The maximum Gasteiger partial charge on any atom is 0.297 e. The van der Waals surface area contributed by atoms with Crippen LogP contribution in [0.2, 0.25) is 0 Å². The maximum absolute atomic E-state index is 12.8. The summed E-state index contributed by atoms with van der Waals surface area (Å²) in [4.78, 5) is 3.97. The van der Waals surface area contributed by atoms with Crippen LogP contribution in [0.5, 0.6) is 0 Å². The van der Waals surface area contributed by atoms with E-state index < -0.39 is 36.3 Å². The van der Waals surface area contributed by atoms with Crippen LogP contribution in [0.15, 0.2) is 136 Å². The molecule has 0 radical (unpaired) electrons. The van der Waals surface area contributed by atoms with E-state index in [9.17, 15) is 29.8 Å². The monoisotopic (exact) mass is 834 g/mol. The molecule has 0 unspecified atom stereocenters. The Bertz CT molecular complexity index is 2300. The Morgan fingerprint density at radius 2 is 0.947 bits per heavy atom. The third-order valence-electron chi connectivity index (χ3n) is 9.44. The van der Waals surface area contributed by atoms with E-state index in [2.05, 4.69) is 13.8 Å². The Kier molecular flexibility index (Phi) is 14.7. The topological polar surface area (TPSA) is 148 Å². The van der Waals surface area contributed by atoms with Crippen molar-refractivity contribution in [3.05, 3.63) is 138 Å². The molecule has 5 rings (SSSR count). The van der Waals surface area contributed by atoms with E-state index in [0.717, 1.165) is 48.2 Å². The predicted octanol–water partition coefficient (Wildman–Crippen LogP) is 9.44. The smallest absolute Gasteiger partial charge is 0.297 e. The van der Waals surface area contributed by atoms with Crippen LogP contribution in [0, 0.1) is 0 Å². The first-order valence-electron chi connectivity index (χ1n) is 19.0. The van der Waals surface area contributed by atoms with Gasteiger partial charge in [0, 0.05) is 41.8 Å². The molecular weight excluding hydrogens is 785 g/mol. The highest BCUT2D eigenvalue weighted by molar-refractivity contribution is 7.87. The average molecular weight is 835 g/mol. The minimum atomic E-state index is -4.61. The fourth-order valence-electron chi connectivity index (χ4n) is 6.71. The van der Waals surface area contributed by atoms with Gasteiger partial charge in [-0.25, -0.2) is 0 Å². The van der Waals surface area contributed by atoms with Crippen LogP contribution in [0.4, 0.5) is 22.7 Å². The van der Waals surface area contributed by atoms with E-state index in [0.29, 0.717) is 30.0 Å². The van der Waals surface area contributed by atoms with Crippen molar-refractivity contribution in [1.82, 2.24) is 0 Å². The molecule has 0 aliphatic rings. The molecule has 0 aliphatic carbocycles. The first-order chi connectivity index (χ1) is 27.2. The minimum absolute atomic E-state index is 0.0184. The predicted molar refractivity (Wildman–Crippen MR) is 224 cm³/mol. The van der Waals surface area contributed by atoms with Gasteiger partial charge in [-0.1, -0.05) is 81.3 Å². The maximum atomic E-state index is 12.8. The van der Waals surface area contributed by atoms with Gasteiger partial charge in [0.2, 0.25) is 0 Å². The Balaban J connectivity index is 1.59. The molecule has 0 fully saturated rings. The van der Waals surface area contributed by atoms with Gasteiger partial charge >= 0.3 is 0 Å². The lowest BCUT2D eigenvalue weighted by Gasteiger charge is -2.28. The van der Waals surface area contributed by atoms with Gasteiger partial charge < -0.3 is 9.80 Å². The Morgan fingerprint density at radius 1 is 0.526 bits per heavy atom. The lowest BCUT2D eigenvalue weighted by Crippen LogP contribution is -2.19. The second-order valence-corrected chi connectivity index (χ2v) is 18.0. The molecule has 5 aromatic rings. The van der Waals surface area contributed by atoms with Gasteiger partial charge in [-0.15, -0.1) is 0 Å². The average Bonchev–Trinajstić information content (AvgIpc) is 3.19. The molecule has 57 heavy (non-hydrogen) atoms. The van der Waals surface area contributed by atoms with Crippen molar-refractivity contribution in [2.24, 2.45) is 0 Å². The molecule has 0 aromatic heterocycles. The first-order valence-corrected chi connectivity index (χ1v) is 23.3. The van der Waals surface area contributed by atoms with Crippen LogP contribution in [0.25, 0.3) is 0 Å². The summed E-state index contributed by atoms with van der Waals surface area (Å²) in [6.07, 6.45) is 3.49. The zero-order valence-corrected chi connectivity index (χ0v) is 35.1. The van der Waals surface area contributed by atoms with Gasteiger partial charge in [0.1, 0.15) is 0 Å². The minimum Gasteiger partial charge on any atom is -0.341 e. The molecule has 304 valence electrons. The van der Waals surface area contributed by atoms with Crippen molar-refractivity contribution < 1.29 is 38.2 Å². The zero-order valence-electron chi connectivity index (χ0n) is 32.6. The molecule has 0 spiro atoms. The van der Waals surface area contributed by atoms with Crippen molar-refractivity contribution in [3.8, 4) is 0 Å². The number of benzene rings is 5. The summed E-state index contributed by atoms with van der Waals surface area (Å²) in [5.41, 5.74) is 4.84. The van der Waals surface area contributed by atoms with Crippen molar-refractivity contribution in [2.45, 2.75) is 74.0 Å². The number of hydrogen-bond donors (Lipinski definition) is 1. The van der Waals surface area contributed by atoms with E-state index in [1.165, 1.54) is 18.2 Å². The van der Waals surface area contributed by atoms with Gasteiger partial charge in [-0.2, -0.15) is 25.3 Å². The molecule has 0 amide bonds. The van der Waals surface area contributed by atoms with Crippen LogP contribution >= 0.6 is 0 Å². The van der Waals surface area contributed by atoms with Gasteiger partial charge in [0.25, 0.3) is 30.4 Å². The van der Waals surface area contributed by atoms with Crippen LogP contribution in [-0.4, -0.2) is 56.1 Å². The van der Waals surface area contributed by atoms with Crippen molar-refractivity contribution in [3.63, 3.8) is 0 Å². The molecule has 11 nitrogen and oxygen atoms in total. The molecule has 5 aromatic carbocycles. The van der Waals surface area contributed by atoms with Crippen LogP contribution in [0.3, 0.4) is 0 Å². The van der Waals surface area contributed by atoms with Gasteiger partial charge in [0.05, 0.1) is 27.9 Å². The summed E-state index contributed by atoms with van der Waals surface area (Å²) in [6, 6.07) is 34.9. The normalized spacial score (nSPS) is 12.2. The van der Waals surface area contributed by atoms with E-state index in [-0.39, 0.29) is 27.9 Å². The van der Waals surface area contributed by atoms with Crippen LogP contribution in [0.1, 0.15) is 76.0 Å². The largest absolute Gasteiger partial charge is 0.341 e. The van der Waals surface area contributed by atoms with Crippen LogP contribution in [-0.2, 0) is 38.7 Å². The lowest BCUT2D eigenvalue weighted by atomic mass is 9.85. The van der Waals surface area contributed by atoms with Crippen molar-refractivity contribution in [2.75, 3.05) is 36.1 Å². The molecule has 1 N–H and O–H groups in total. The SMILES string of the molecule is CCCCN(c1ccc(C(c2ccc(N(CCCC)c3cccc(S(=O)(=O)OCC)c3)cc2)c2ccccc2S(=O)(=O)O)cc1)c1cccc(S(=O)(=O)OCC)c1. The second kappa shape index (κ2) is 19.2. The van der Waals surface area contributed by atoms with E-state index in [4.69, 9.17) is 8.37 Å². The standard InChI is InChI=1S/C43H50N2O9S3/c1-5-9-29-44(37-15-13-17-39(31-37)56(49,50)53-7-3)35-25-21-33(22-26-35)43(41-19-11-12-20-42(41)55(46,47)48)34-23-27-36(28-24-34)45(30-10-6-2)38-16-14-18-40(32-38)57(51,52)54-8-4/h11-28,31-32,43H,5-10,29-30H2,1-4H3,(H,46,47,48). The summed E-state index contributed by atoms with van der Waals surface area (Å²) in [6.45, 7) is 8.65. The molecule has 14 heteroatoms. The third kappa shape index (κ3) is 10.7. The summed E-state index contributed by atoms with van der Waals surface area (Å²) in [5.74, 6) is -0.626. The van der Waals surface area contributed by atoms with Crippen LogP contribution < -0.4 is 9.80 Å². The van der Waals surface area contributed by atoms with Gasteiger partial charge in [-0.05, 0) is 110 Å². The van der Waals surface area contributed by atoms with Gasteiger partial charge in [-0.3, -0.25) is 12.9 Å². The van der Waals surface area contributed by atoms with E-state index in [1.54, 1.807) is 56.3 Å². The quantitative estimate of drug-likeness (QED) is 0.0454. The molecule has 0 saturated heterocycles. The number of hydrogen-bond acceptors (Lipinski definition) is 10. The Morgan fingerprint density at radius 3 is 1.33 bits per heavy atom. The fourth-order valence-corrected chi connectivity index (χ4v) is 9.35. The molecule has 0 heterocycles. The number of nitrogens with zero attached hydrogens (tertiary/aromatic N) is 2. The fraction of sp³-hybridized carbons (Fsp3) is 0.302. The summed E-state index contributed by atoms with van der Waals surface area (Å²) in [7, 11) is -12.5. The lowest BCUT2D eigenvalue weighted by molar-refractivity contribution is 0.337. The number of unbranched alkanes of at least 4 members (excludes halogenated alkanes) is 2. The summed E-state index contributed by atoms with van der Waals surface area (Å²) >= 11 is 0.